The van der Waals surface area contributed by atoms with E-state index in [0.717, 1.165) is 0 Å². The van der Waals surface area contributed by atoms with E-state index >= 15 is 0 Å². The number of thiol groups is 2. The van der Waals surface area contributed by atoms with E-state index in [9.17, 15) is 19.8 Å². The van der Waals surface area contributed by atoms with Crippen molar-refractivity contribution in [2.75, 3.05) is 0 Å². The smallest absolute Gasteiger partial charge is 0.549 e. The predicted molar refractivity (Wildman–Crippen MR) is 35.6 cm³/mol. The van der Waals surface area contributed by atoms with Crippen molar-refractivity contribution in [2.24, 2.45) is 0 Å². The summed E-state index contributed by atoms with van der Waals surface area (Å²) in [6.07, 6.45) is 0. The van der Waals surface area contributed by atoms with Gasteiger partial charge in [0.15, 0.2) is 0 Å². The molecule has 0 N–H and O–H groups in total. The molecule has 4 nitrogen and oxygen atoms in total. The van der Waals surface area contributed by atoms with E-state index in [1.807, 2.05) is 0 Å². The number of aliphatic carboxylic acids is 2. The fourth-order valence-corrected chi connectivity index (χ4v) is 0.501. The molecule has 12 heavy (non-hydrogen) atoms. The summed E-state index contributed by atoms with van der Waals surface area (Å²) < 4.78 is 0. The molecule has 0 heterocycles. The molecule has 0 radical (unpaired) electrons. The third-order valence-corrected chi connectivity index (χ3v) is 2.04. The molecule has 2 atom stereocenters. The van der Waals surface area contributed by atoms with Crippen molar-refractivity contribution in [3.8, 4) is 0 Å². The van der Waals surface area contributed by atoms with Crippen molar-refractivity contribution < 1.29 is 123 Å². The number of hydrogen-bond acceptors (Lipinski definition) is 6. The van der Waals surface area contributed by atoms with Gasteiger partial charge in [-0.3, -0.25) is 0 Å². The monoisotopic (exact) mass is 258 g/mol. The van der Waals surface area contributed by atoms with Crippen LogP contribution < -0.4 is 113 Å². The Hall–Kier alpha value is 2.91. The standard InChI is InChI=1S/C4H6O4S2.2K/c5-3(6)1(9)2(10)4(7)8;;/h1-2,9-10H,(H,5,6)(H,7,8);;/q;2*+1/p-2/t1-,2-;;/m0../s1. The van der Waals surface area contributed by atoms with Gasteiger partial charge in [-0.2, -0.15) is 25.3 Å². The molecule has 0 fully saturated rings. The third-order valence-electron chi connectivity index (χ3n) is 0.782. The van der Waals surface area contributed by atoms with Crippen LogP contribution in [0.25, 0.3) is 0 Å². The third kappa shape index (κ3) is 8.24. The van der Waals surface area contributed by atoms with Gasteiger partial charge < -0.3 is 19.8 Å². The van der Waals surface area contributed by atoms with Gasteiger partial charge in [0.2, 0.25) is 0 Å². The van der Waals surface area contributed by atoms with Crippen LogP contribution in [0.3, 0.4) is 0 Å². The minimum absolute atomic E-state index is 0. The average Bonchev–Trinajstić information content (AvgIpc) is 1.84. The molecule has 58 valence electrons. The summed E-state index contributed by atoms with van der Waals surface area (Å²) in [5, 5.41) is 17.0. The van der Waals surface area contributed by atoms with Crippen LogP contribution in [0.4, 0.5) is 0 Å². The fourth-order valence-electron chi connectivity index (χ4n) is 0.258. The van der Waals surface area contributed by atoms with Gasteiger partial charge in [0, 0.05) is 0 Å². The van der Waals surface area contributed by atoms with E-state index in [1.165, 1.54) is 0 Å². The van der Waals surface area contributed by atoms with Gasteiger partial charge in [0.1, 0.15) is 0 Å². The van der Waals surface area contributed by atoms with Crippen LogP contribution >= 0.6 is 25.3 Å². The van der Waals surface area contributed by atoms with Crippen LogP contribution in [-0.4, -0.2) is 22.4 Å². The van der Waals surface area contributed by atoms with Gasteiger partial charge in [0.25, 0.3) is 0 Å². The van der Waals surface area contributed by atoms with Crippen LogP contribution in [0, 0.1) is 0 Å². The minimum Gasteiger partial charge on any atom is -0.549 e. The summed E-state index contributed by atoms with van der Waals surface area (Å²) >= 11 is 6.80. The zero-order valence-corrected chi connectivity index (χ0v) is 14.7. The first-order valence-electron chi connectivity index (χ1n) is 2.24. The summed E-state index contributed by atoms with van der Waals surface area (Å²) in [6, 6.07) is 0. The van der Waals surface area contributed by atoms with E-state index in [1.54, 1.807) is 0 Å². The zero-order chi connectivity index (χ0) is 8.31. The molecule has 0 aliphatic heterocycles. The summed E-state index contributed by atoms with van der Waals surface area (Å²) in [7, 11) is 0. The van der Waals surface area contributed by atoms with Gasteiger partial charge in [-0.05, 0) is 0 Å². The number of carbonyl (C=O) groups excluding carboxylic acids is 2. The average molecular weight is 258 g/mol. The van der Waals surface area contributed by atoms with E-state index in [4.69, 9.17) is 0 Å². The van der Waals surface area contributed by atoms with E-state index in [-0.39, 0.29) is 103 Å². The molecule has 0 aromatic heterocycles. The first kappa shape index (κ1) is 20.3. The molecule has 0 aliphatic rings. The Labute approximate surface area is 166 Å². The number of carboxylic acid groups (broad SMARTS) is 2. The van der Waals surface area contributed by atoms with Gasteiger partial charge in [0.05, 0.1) is 22.4 Å². The SMILES string of the molecule is O=C([O-])[C@@H](S)[C@H](S)C(=O)[O-].[K+].[K+]. The van der Waals surface area contributed by atoms with Crippen LogP contribution in [0.1, 0.15) is 0 Å². The van der Waals surface area contributed by atoms with Crippen LogP contribution in [0.15, 0.2) is 0 Å². The first-order chi connectivity index (χ1) is 4.46. The second-order valence-corrected chi connectivity index (χ2v) is 2.64. The quantitative estimate of drug-likeness (QED) is 0.389. The van der Waals surface area contributed by atoms with Crippen LogP contribution in [0.2, 0.25) is 0 Å². The van der Waals surface area contributed by atoms with Crippen molar-refractivity contribution >= 4 is 37.2 Å². The molecular weight excluding hydrogens is 254 g/mol. The molecule has 0 unspecified atom stereocenters. The molecule has 0 saturated carbocycles. The fraction of sp³-hybridized carbons (Fsp3) is 0.500. The van der Waals surface area contributed by atoms with Crippen molar-refractivity contribution in [1.29, 1.82) is 0 Å². The molecule has 8 heteroatoms. The zero-order valence-electron chi connectivity index (χ0n) is 6.68. The maximum atomic E-state index is 9.92. The summed E-state index contributed by atoms with van der Waals surface area (Å²) in [4.78, 5) is 19.8. The molecule has 0 aliphatic carbocycles. The Bertz CT molecular complexity index is 147. The normalized spacial score (nSPS) is 13.2. The van der Waals surface area contributed by atoms with Crippen LogP contribution in [-0.2, 0) is 9.59 Å². The second-order valence-electron chi connectivity index (χ2n) is 1.53. The second kappa shape index (κ2) is 10.4. The molecule has 0 bridgehead atoms. The van der Waals surface area contributed by atoms with E-state index in [0.29, 0.717) is 0 Å². The Morgan fingerprint density at radius 1 is 0.917 bits per heavy atom. The summed E-state index contributed by atoms with van der Waals surface area (Å²) in [5.41, 5.74) is 0. The number of rotatable bonds is 3. The summed E-state index contributed by atoms with van der Waals surface area (Å²) in [6.45, 7) is 0. The maximum Gasteiger partial charge on any atom is 1.00 e. The van der Waals surface area contributed by atoms with Crippen molar-refractivity contribution in [2.45, 2.75) is 10.5 Å². The first-order valence-corrected chi connectivity index (χ1v) is 3.28. The Morgan fingerprint density at radius 2 is 1.08 bits per heavy atom. The molecule has 0 aromatic rings. The van der Waals surface area contributed by atoms with Gasteiger partial charge in [-0.15, -0.1) is 0 Å². The number of carbonyl (C=O) groups is 2. The Morgan fingerprint density at radius 3 is 1.17 bits per heavy atom. The molecule has 0 amide bonds. The van der Waals surface area contributed by atoms with Crippen molar-refractivity contribution in [3.05, 3.63) is 0 Å². The van der Waals surface area contributed by atoms with E-state index < -0.39 is 22.4 Å². The minimum atomic E-state index is -1.58. The van der Waals surface area contributed by atoms with Crippen molar-refractivity contribution in [3.63, 3.8) is 0 Å². The molecule has 0 aromatic carbocycles. The van der Waals surface area contributed by atoms with Gasteiger partial charge in [-0.25, -0.2) is 0 Å². The molecule has 0 rings (SSSR count). The van der Waals surface area contributed by atoms with Crippen molar-refractivity contribution in [1.82, 2.24) is 0 Å². The van der Waals surface area contributed by atoms with Crippen LogP contribution in [0.5, 0.6) is 0 Å². The molecular formula is C4H4K2O4S2. The Kier molecular flexibility index (Phi) is 17.7. The molecule has 0 spiro atoms. The largest absolute Gasteiger partial charge is 1.00 e. The predicted octanol–water partition coefficient (Wildman–Crippen LogP) is -8.91. The summed E-state index contributed by atoms with van der Waals surface area (Å²) in [5.74, 6) is -3.15. The molecule has 0 saturated heterocycles. The maximum absolute atomic E-state index is 9.92. The van der Waals surface area contributed by atoms with Gasteiger partial charge >= 0.3 is 103 Å². The number of hydrogen-bond donors (Lipinski definition) is 2. The van der Waals surface area contributed by atoms with Gasteiger partial charge in [-0.1, -0.05) is 0 Å². The number of carboxylic acids is 2. The Balaban J connectivity index is -0.000000405. The van der Waals surface area contributed by atoms with E-state index in [2.05, 4.69) is 25.3 Å². The topological polar surface area (TPSA) is 80.3 Å².